The number of carbonyl (C=O) groups is 1. The summed E-state index contributed by atoms with van der Waals surface area (Å²) in [4.78, 5) is 20.2. The monoisotopic (exact) mass is 256 g/mol. The van der Waals surface area contributed by atoms with Crippen molar-refractivity contribution >= 4 is 11.6 Å². The molecule has 1 heterocycles. The van der Waals surface area contributed by atoms with Crippen LogP contribution in [0.5, 0.6) is 0 Å². The molecule has 3 N–H and O–H groups in total. The number of hydrogen-bond acceptors (Lipinski definition) is 4. The van der Waals surface area contributed by atoms with Crippen LogP contribution in [0.3, 0.4) is 0 Å². The van der Waals surface area contributed by atoms with Crippen molar-refractivity contribution in [3.63, 3.8) is 0 Å². The van der Waals surface area contributed by atoms with E-state index in [-0.39, 0.29) is 5.91 Å². The van der Waals surface area contributed by atoms with Gasteiger partial charge >= 0.3 is 0 Å². The predicted molar refractivity (Wildman–Crippen MR) is 73.5 cm³/mol. The standard InChI is InChI=1S/C14H16N4O/c1-9-3-4-11(5-13(9)15)14(19)18-8-12-7-16-10(2)6-17-12/h3-7H,8,15H2,1-2H3,(H,18,19). The van der Waals surface area contributed by atoms with Gasteiger partial charge in [0.1, 0.15) is 0 Å². The number of nitrogens with one attached hydrogen (secondary N) is 1. The first-order valence-electron chi connectivity index (χ1n) is 5.98. The summed E-state index contributed by atoms with van der Waals surface area (Å²) in [5, 5.41) is 2.78. The van der Waals surface area contributed by atoms with Crippen molar-refractivity contribution in [3.05, 3.63) is 53.1 Å². The van der Waals surface area contributed by atoms with Gasteiger partial charge in [0.25, 0.3) is 5.91 Å². The number of amides is 1. The second kappa shape index (κ2) is 5.48. The summed E-state index contributed by atoms with van der Waals surface area (Å²) in [6, 6.07) is 5.25. The largest absolute Gasteiger partial charge is 0.398 e. The fourth-order valence-corrected chi connectivity index (χ4v) is 1.57. The summed E-state index contributed by atoms with van der Waals surface area (Å²) >= 11 is 0. The van der Waals surface area contributed by atoms with Crippen LogP contribution >= 0.6 is 0 Å². The third kappa shape index (κ3) is 3.28. The predicted octanol–water partition coefficient (Wildman–Crippen LogP) is 1.61. The number of nitrogens with zero attached hydrogens (tertiary/aromatic N) is 2. The minimum atomic E-state index is -0.172. The second-order valence-electron chi connectivity index (χ2n) is 4.40. The fraction of sp³-hybridized carbons (Fsp3) is 0.214. The van der Waals surface area contributed by atoms with E-state index in [1.54, 1.807) is 24.5 Å². The van der Waals surface area contributed by atoms with E-state index in [0.29, 0.717) is 17.8 Å². The molecule has 0 bridgehead atoms. The minimum Gasteiger partial charge on any atom is -0.398 e. The van der Waals surface area contributed by atoms with E-state index in [4.69, 9.17) is 5.73 Å². The molecule has 0 radical (unpaired) electrons. The Morgan fingerprint density at radius 2 is 2.05 bits per heavy atom. The molecule has 2 rings (SSSR count). The molecule has 0 fully saturated rings. The summed E-state index contributed by atoms with van der Waals surface area (Å²) in [5.74, 6) is -0.172. The smallest absolute Gasteiger partial charge is 0.251 e. The van der Waals surface area contributed by atoms with Gasteiger partial charge in [-0.05, 0) is 31.5 Å². The Bertz CT molecular complexity index is 593. The lowest BCUT2D eigenvalue weighted by Gasteiger charge is -2.06. The molecule has 98 valence electrons. The first-order valence-corrected chi connectivity index (χ1v) is 5.98. The first-order chi connectivity index (χ1) is 9.06. The van der Waals surface area contributed by atoms with Gasteiger partial charge in [0.15, 0.2) is 0 Å². The maximum atomic E-state index is 11.9. The number of benzene rings is 1. The quantitative estimate of drug-likeness (QED) is 0.817. The molecule has 0 saturated carbocycles. The Balaban J connectivity index is 2.01. The van der Waals surface area contributed by atoms with Crippen molar-refractivity contribution < 1.29 is 4.79 Å². The second-order valence-corrected chi connectivity index (χ2v) is 4.40. The van der Waals surface area contributed by atoms with Crippen LogP contribution in [0, 0.1) is 13.8 Å². The molecule has 2 aromatic rings. The van der Waals surface area contributed by atoms with Gasteiger partial charge in [-0.15, -0.1) is 0 Å². The third-order valence-electron chi connectivity index (χ3n) is 2.81. The molecule has 1 amide bonds. The Morgan fingerprint density at radius 1 is 1.26 bits per heavy atom. The summed E-state index contributed by atoms with van der Waals surface area (Å²) in [5.41, 5.74) is 9.47. The summed E-state index contributed by atoms with van der Waals surface area (Å²) in [7, 11) is 0. The van der Waals surface area contributed by atoms with Crippen molar-refractivity contribution in [1.29, 1.82) is 0 Å². The van der Waals surface area contributed by atoms with E-state index < -0.39 is 0 Å². The van der Waals surface area contributed by atoms with Crippen molar-refractivity contribution in [2.75, 3.05) is 5.73 Å². The van der Waals surface area contributed by atoms with Crippen LogP contribution in [0.4, 0.5) is 5.69 Å². The van der Waals surface area contributed by atoms with Crippen LogP contribution in [0.2, 0.25) is 0 Å². The van der Waals surface area contributed by atoms with Crippen molar-refractivity contribution in [3.8, 4) is 0 Å². The summed E-state index contributed by atoms with van der Waals surface area (Å²) in [6.07, 6.45) is 3.32. The molecule has 0 spiro atoms. The normalized spacial score (nSPS) is 10.2. The summed E-state index contributed by atoms with van der Waals surface area (Å²) < 4.78 is 0. The first kappa shape index (κ1) is 13.0. The van der Waals surface area contributed by atoms with Crippen molar-refractivity contribution in [2.24, 2.45) is 0 Å². The van der Waals surface area contributed by atoms with Gasteiger partial charge in [-0.3, -0.25) is 14.8 Å². The SMILES string of the molecule is Cc1cnc(CNC(=O)c2ccc(C)c(N)c2)cn1. The molecule has 1 aromatic carbocycles. The molecule has 0 aliphatic carbocycles. The molecule has 0 unspecified atom stereocenters. The maximum Gasteiger partial charge on any atom is 0.251 e. The zero-order valence-corrected chi connectivity index (χ0v) is 11.0. The van der Waals surface area contributed by atoms with Gasteiger partial charge in [0.05, 0.1) is 24.1 Å². The molecular formula is C14H16N4O. The van der Waals surface area contributed by atoms with E-state index in [1.807, 2.05) is 19.9 Å². The Labute approximate surface area is 111 Å². The van der Waals surface area contributed by atoms with Gasteiger partial charge in [0.2, 0.25) is 0 Å². The fourth-order valence-electron chi connectivity index (χ4n) is 1.57. The zero-order chi connectivity index (χ0) is 13.8. The number of aromatic nitrogens is 2. The number of carbonyl (C=O) groups excluding carboxylic acids is 1. The zero-order valence-electron chi connectivity index (χ0n) is 11.0. The van der Waals surface area contributed by atoms with Gasteiger partial charge in [0, 0.05) is 17.4 Å². The van der Waals surface area contributed by atoms with Gasteiger partial charge in [-0.25, -0.2) is 0 Å². The van der Waals surface area contributed by atoms with Crippen molar-refractivity contribution in [1.82, 2.24) is 15.3 Å². The van der Waals surface area contributed by atoms with Crippen LogP contribution in [-0.4, -0.2) is 15.9 Å². The lowest BCUT2D eigenvalue weighted by atomic mass is 10.1. The highest BCUT2D eigenvalue weighted by atomic mass is 16.1. The molecular weight excluding hydrogens is 240 g/mol. The van der Waals surface area contributed by atoms with E-state index in [0.717, 1.165) is 17.0 Å². The molecule has 5 heteroatoms. The average molecular weight is 256 g/mol. The van der Waals surface area contributed by atoms with Crippen LogP contribution in [-0.2, 0) is 6.54 Å². The highest BCUT2D eigenvalue weighted by molar-refractivity contribution is 5.95. The molecule has 1 aromatic heterocycles. The third-order valence-corrected chi connectivity index (χ3v) is 2.81. The van der Waals surface area contributed by atoms with Crippen LogP contribution in [0.1, 0.15) is 27.3 Å². The number of nitrogens with two attached hydrogens (primary N) is 1. The topological polar surface area (TPSA) is 80.9 Å². The lowest BCUT2D eigenvalue weighted by Crippen LogP contribution is -2.23. The minimum absolute atomic E-state index is 0.172. The highest BCUT2D eigenvalue weighted by Gasteiger charge is 2.07. The average Bonchev–Trinajstić information content (AvgIpc) is 2.41. The molecule has 0 saturated heterocycles. The van der Waals surface area contributed by atoms with Gasteiger partial charge in [-0.1, -0.05) is 6.07 Å². The molecule has 0 atom stereocenters. The van der Waals surface area contributed by atoms with Crippen LogP contribution < -0.4 is 11.1 Å². The van der Waals surface area contributed by atoms with Crippen LogP contribution in [0.15, 0.2) is 30.6 Å². The summed E-state index contributed by atoms with van der Waals surface area (Å²) in [6.45, 7) is 4.11. The highest BCUT2D eigenvalue weighted by Crippen LogP contribution is 2.12. The number of hydrogen-bond donors (Lipinski definition) is 2. The molecule has 5 nitrogen and oxygen atoms in total. The van der Waals surface area contributed by atoms with E-state index >= 15 is 0 Å². The molecule has 0 aliphatic heterocycles. The van der Waals surface area contributed by atoms with Crippen molar-refractivity contribution in [2.45, 2.75) is 20.4 Å². The van der Waals surface area contributed by atoms with E-state index in [2.05, 4.69) is 15.3 Å². The number of aryl methyl sites for hydroxylation is 2. The number of anilines is 1. The number of nitrogen functional groups attached to an aromatic ring is 1. The Hall–Kier alpha value is -2.43. The Morgan fingerprint density at radius 3 is 2.68 bits per heavy atom. The molecule has 0 aliphatic rings. The molecule has 19 heavy (non-hydrogen) atoms. The maximum absolute atomic E-state index is 11.9. The van der Waals surface area contributed by atoms with Gasteiger partial charge in [-0.2, -0.15) is 0 Å². The van der Waals surface area contributed by atoms with E-state index in [1.165, 1.54) is 0 Å². The number of rotatable bonds is 3. The lowest BCUT2D eigenvalue weighted by molar-refractivity contribution is 0.0950. The Kier molecular flexibility index (Phi) is 3.75. The van der Waals surface area contributed by atoms with Gasteiger partial charge < -0.3 is 11.1 Å². The van der Waals surface area contributed by atoms with Crippen LogP contribution in [0.25, 0.3) is 0 Å². The van der Waals surface area contributed by atoms with E-state index in [9.17, 15) is 4.79 Å².